The maximum Gasteiger partial charge on any atom is 0.304 e. The number of rotatable bonds is 9. The predicted molar refractivity (Wildman–Crippen MR) is 69.3 cm³/mol. The van der Waals surface area contributed by atoms with Crippen molar-refractivity contribution >= 4 is 5.97 Å². The summed E-state index contributed by atoms with van der Waals surface area (Å²) in [6.07, 6.45) is 5.25. The predicted octanol–water partition coefficient (Wildman–Crippen LogP) is 1.66. The van der Waals surface area contributed by atoms with Crippen molar-refractivity contribution in [3.05, 3.63) is 0 Å². The smallest absolute Gasteiger partial charge is 0.304 e. The number of carbonyl (C=O) groups is 1. The van der Waals surface area contributed by atoms with E-state index in [1.807, 2.05) is 0 Å². The normalized spacial score (nSPS) is 16.8. The first-order valence-electron chi connectivity index (χ1n) is 6.89. The number of unbranched alkanes of at least 4 members (excludes halogenated alkanes) is 1. The molecular weight excluding hydrogens is 216 g/mol. The molecule has 0 atom stereocenters. The highest BCUT2D eigenvalue weighted by Gasteiger charge is 2.13. The van der Waals surface area contributed by atoms with Gasteiger partial charge in [0.1, 0.15) is 0 Å². The number of aliphatic carboxylic acids is 1. The van der Waals surface area contributed by atoms with Gasteiger partial charge in [0.05, 0.1) is 6.42 Å². The molecule has 17 heavy (non-hydrogen) atoms. The zero-order chi connectivity index (χ0) is 12.5. The Morgan fingerprint density at radius 2 is 1.94 bits per heavy atom. The largest absolute Gasteiger partial charge is 0.481 e. The molecule has 1 fully saturated rings. The van der Waals surface area contributed by atoms with Gasteiger partial charge in [-0.25, -0.2) is 0 Å². The minimum atomic E-state index is -0.687. The summed E-state index contributed by atoms with van der Waals surface area (Å²) in [7, 11) is 0. The van der Waals surface area contributed by atoms with Gasteiger partial charge in [-0.1, -0.05) is 13.3 Å². The number of hydrogen-bond acceptors (Lipinski definition) is 3. The second-order valence-corrected chi connectivity index (χ2v) is 4.89. The van der Waals surface area contributed by atoms with E-state index < -0.39 is 5.97 Å². The molecule has 0 aliphatic carbocycles. The van der Waals surface area contributed by atoms with E-state index in [0.717, 1.165) is 19.6 Å². The van der Waals surface area contributed by atoms with Crippen LogP contribution in [0.3, 0.4) is 0 Å². The summed E-state index contributed by atoms with van der Waals surface area (Å²) in [5.74, 6) is -0.687. The molecule has 100 valence electrons. The molecule has 1 rings (SSSR count). The van der Waals surface area contributed by atoms with Gasteiger partial charge in [0.2, 0.25) is 0 Å². The minimum Gasteiger partial charge on any atom is -0.481 e. The molecule has 1 saturated heterocycles. The maximum atomic E-state index is 10.6. The highest BCUT2D eigenvalue weighted by atomic mass is 16.4. The molecule has 0 radical (unpaired) electrons. The van der Waals surface area contributed by atoms with Gasteiger partial charge >= 0.3 is 5.97 Å². The number of carboxylic acids is 1. The van der Waals surface area contributed by atoms with Crippen LogP contribution in [0.5, 0.6) is 0 Å². The van der Waals surface area contributed by atoms with Crippen LogP contribution in [0.15, 0.2) is 0 Å². The van der Waals surface area contributed by atoms with E-state index in [0.29, 0.717) is 6.54 Å². The van der Waals surface area contributed by atoms with Gasteiger partial charge in [0.25, 0.3) is 0 Å². The number of nitrogens with zero attached hydrogens (tertiary/aromatic N) is 2. The fourth-order valence-electron chi connectivity index (χ4n) is 2.26. The molecule has 1 aliphatic rings. The van der Waals surface area contributed by atoms with E-state index in [-0.39, 0.29) is 6.42 Å². The van der Waals surface area contributed by atoms with Gasteiger partial charge in [-0.3, -0.25) is 4.79 Å². The summed E-state index contributed by atoms with van der Waals surface area (Å²) in [6.45, 7) is 8.48. The maximum absolute atomic E-state index is 10.6. The van der Waals surface area contributed by atoms with Crippen LogP contribution >= 0.6 is 0 Å². The minimum absolute atomic E-state index is 0.268. The van der Waals surface area contributed by atoms with Crippen LogP contribution in [-0.2, 0) is 4.79 Å². The van der Waals surface area contributed by atoms with E-state index in [4.69, 9.17) is 5.11 Å². The van der Waals surface area contributed by atoms with Crippen LogP contribution < -0.4 is 0 Å². The zero-order valence-electron chi connectivity index (χ0n) is 11.0. The van der Waals surface area contributed by atoms with Gasteiger partial charge in [-0.05, 0) is 38.9 Å². The second-order valence-electron chi connectivity index (χ2n) is 4.89. The van der Waals surface area contributed by atoms with Gasteiger partial charge in [-0.2, -0.15) is 0 Å². The lowest BCUT2D eigenvalue weighted by atomic mass is 10.3. The Kier molecular flexibility index (Phi) is 7.21. The summed E-state index contributed by atoms with van der Waals surface area (Å²) in [4.78, 5) is 15.4. The Morgan fingerprint density at radius 3 is 2.53 bits per heavy atom. The van der Waals surface area contributed by atoms with Crippen molar-refractivity contribution < 1.29 is 9.90 Å². The van der Waals surface area contributed by atoms with Crippen molar-refractivity contribution in [1.82, 2.24) is 9.80 Å². The average molecular weight is 242 g/mol. The number of carboxylic acid groups (broad SMARTS) is 1. The third kappa shape index (κ3) is 6.64. The lowest BCUT2D eigenvalue weighted by molar-refractivity contribution is -0.137. The van der Waals surface area contributed by atoms with E-state index >= 15 is 0 Å². The lowest BCUT2D eigenvalue weighted by Crippen LogP contribution is -2.35. The summed E-state index contributed by atoms with van der Waals surface area (Å²) in [5.41, 5.74) is 0. The molecule has 1 heterocycles. The quantitative estimate of drug-likeness (QED) is 0.668. The highest BCUT2D eigenvalue weighted by Crippen LogP contribution is 2.07. The van der Waals surface area contributed by atoms with E-state index in [1.165, 1.54) is 38.8 Å². The number of likely N-dealkylation sites (tertiary alicyclic amines) is 1. The van der Waals surface area contributed by atoms with Crippen LogP contribution in [0.25, 0.3) is 0 Å². The molecule has 0 aromatic carbocycles. The van der Waals surface area contributed by atoms with Crippen molar-refractivity contribution in [1.29, 1.82) is 0 Å². The third-order valence-corrected chi connectivity index (χ3v) is 3.40. The molecule has 0 aromatic rings. The Bertz CT molecular complexity index is 215. The van der Waals surface area contributed by atoms with Crippen molar-refractivity contribution in [3.63, 3.8) is 0 Å². The first-order valence-corrected chi connectivity index (χ1v) is 6.89. The Hall–Kier alpha value is -0.610. The Morgan fingerprint density at radius 1 is 1.24 bits per heavy atom. The molecule has 0 spiro atoms. The monoisotopic (exact) mass is 242 g/mol. The summed E-state index contributed by atoms with van der Waals surface area (Å²) >= 11 is 0. The molecule has 1 N–H and O–H groups in total. The summed E-state index contributed by atoms with van der Waals surface area (Å²) < 4.78 is 0. The summed E-state index contributed by atoms with van der Waals surface area (Å²) in [5, 5.41) is 8.73. The molecule has 4 nitrogen and oxygen atoms in total. The van der Waals surface area contributed by atoms with Crippen molar-refractivity contribution in [2.45, 2.75) is 39.0 Å². The SMILES string of the molecule is CCCCN(CCC(=O)O)CCN1CCCC1. The van der Waals surface area contributed by atoms with Crippen LogP contribution in [0, 0.1) is 0 Å². The lowest BCUT2D eigenvalue weighted by Gasteiger charge is -2.24. The van der Waals surface area contributed by atoms with E-state index in [9.17, 15) is 4.79 Å². The molecule has 0 aromatic heterocycles. The van der Waals surface area contributed by atoms with Crippen molar-refractivity contribution in [3.8, 4) is 0 Å². The van der Waals surface area contributed by atoms with Crippen LogP contribution in [0.4, 0.5) is 0 Å². The van der Waals surface area contributed by atoms with E-state index in [2.05, 4.69) is 16.7 Å². The van der Waals surface area contributed by atoms with Gasteiger partial charge in [0.15, 0.2) is 0 Å². The Balaban J connectivity index is 2.20. The van der Waals surface area contributed by atoms with Crippen LogP contribution in [0.1, 0.15) is 39.0 Å². The first kappa shape index (κ1) is 14.5. The number of hydrogen-bond donors (Lipinski definition) is 1. The molecule has 0 amide bonds. The molecule has 4 heteroatoms. The molecule has 0 unspecified atom stereocenters. The molecule has 0 bridgehead atoms. The van der Waals surface area contributed by atoms with Crippen LogP contribution in [0.2, 0.25) is 0 Å². The first-order chi connectivity index (χ1) is 8.22. The molecule has 1 aliphatic heterocycles. The average Bonchev–Trinajstić information content (AvgIpc) is 2.80. The fraction of sp³-hybridized carbons (Fsp3) is 0.923. The van der Waals surface area contributed by atoms with Crippen molar-refractivity contribution in [2.75, 3.05) is 39.3 Å². The standard InChI is InChI=1S/C13H26N2O2/c1-2-3-7-15(10-6-13(16)17)12-11-14-8-4-5-9-14/h2-12H2,1H3,(H,16,17). The van der Waals surface area contributed by atoms with Gasteiger partial charge < -0.3 is 14.9 Å². The third-order valence-electron chi connectivity index (χ3n) is 3.40. The van der Waals surface area contributed by atoms with Crippen LogP contribution in [-0.4, -0.2) is 60.1 Å². The van der Waals surface area contributed by atoms with Gasteiger partial charge in [0, 0.05) is 19.6 Å². The second kappa shape index (κ2) is 8.48. The Labute approximate surface area is 105 Å². The zero-order valence-corrected chi connectivity index (χ0v) is 11.0. The topological polar surface area (TPSA) is 43.8 Å². The molecule has 0 saturated carbocycles. The molecular formula is C13H26N2O2. The fourth-order valence-corrected chi connectivity index (χ4v) is 2.26. The van der Waals surface area contributed by atoms with E-state index in [1.54, 1.807) is 0 Å². The van der Waals surface area contributed by atoms with Crippen molar-refractivity contribution in [2.24, 2.45) is 0 Å². The van der Waals surface area contributed by atoms with Gasteiger partial charge in [-0.15, -0.1) is 0 Å². The highest BCUT2D eigenvalue weighted by molar-refractivity contribution is 5.66. The summed E-state index contributed by atoms with van der Waals surface area (Å²) in [6, 6.07) is 0.